The minimum Gasteiger partial charge on any atom is -0.378 e. The molecule has 0 spiro atoms. The second-order valence-corrected chi connectivity index (χ2v) is 6.28. The zero-order valence-electron chi connectivity index (χ0n) is 12.8. The highest BCUT2D eigenvalue weighted by Crippen LogP contribution is 2.26. The van der Waals surface area contributed by atoms with Crippen LogP contribution in [-0.4, -0.2) is 37.7 Å². The van der Waals surface area contributed by atoms with Gasteiger partial charge in [0.05, 0.1) is 12.7 Å². The van der Waals surface area contributed by atoms with E-state index in [0.717, 1.165) is 44.7 Å². The predicted octanol–water partition coefficient (Wildman–Crippen LogP) is 2.23. The first kappa shape index (κ1) is 15.8. The Balaban J connectivity index is 1.57. The standard InChI is InChI=1S/C16H30N2O2/c1-2-13-4-3-5-14(12-13)18-16(19)8-11-20-15-6-9-17-10-7-15/h13-15,17H,2-12H2,1H3,(H,18,19). The van der Waals surface area contributed by atoms with Crippen LogP contribution in [0.25, 0.3) is 0 Å². The molecule has 2 fully saturated rings. The molecule has 0 bridgehead atoms. The van der Waals surface area contributed by atoms with Crippen LogP contribution in [0.4, 0.5) is 0 Å². The van der Waals surface area contributed by atoms with Crippen LogP contribution in [0.3, 0.4) is 0 Å². The lowest BCUT2D eigenvalue weighted by atomic mass is 9.84. The zero-order valence-corrected chi connectivity index (χ0v) is 12.8. The van der Waals surface area contributed by atoms with Gasteiger partial charge in [-0.1, -0.05) is 26.2 Å². The minimum atomic E-state index is 0.167. The van der Waals surface area contributed by atoms with Crippen LogP contribution in [-0.2, 0) is 9.53 Å². The van der Waals surface area contributed by atoms with E-state index in [1.165, 1.54) is 19.3 Å². The Kier molecular flexibility index (Phi) is 6.80. The third-order valence-electron chi connectivity index (χ3n) is 4.69. The van der Waals surface area contributed by atoms with Gasteiger partial charge in [0.2, 0.25) is 5.91 Å². The summed E-state index contributed by atoms with van der Waals surface area (Å²) in [5.74, 6) is 0.973. The first-order chi connectivity index (χ1) is 9.78. The molecule has 2 unspecified atom stereocenters. The zero-order chi connectivity index (χ0) is 14.2. The van der Waals surface area contributed by atoms with Gasteiger partial charge in [0.25, 0.3) is 0 Å². The molecule has 1 heterocycles. The van der Waals surface area contributed by atoms with Gasteiger partial charge >= 0.3 is 0 Å². The Labute approximate surface area is 123 Å². The molecule has 2 N–H and O–H groups in total. The van der Waals surface area contributed by atoms with Gasteiger partial charge in [-0.25, -0.2) is 0 Å². The predicted molar refractivity (Wildman–Crippen MR) is 80.6 cm³/mol. The molecule has 1 saturated heterocycles. The number of hydrogen-bond acceptors (Lipinski definition) is 3. The number of nitrogens with one attached hydrogen (secondary N) is 2. The van der Waals surface area contributed by atoms with Crippen LogP contribution >= 0.6 is 0 Å². The van der Waals surface area contributed by atoms with E-state index in [2.05, 4.69) is 17.6 Å². The van der Waals surface area contributed by atoms with Gasteiger partial charge in [0.1, 0.15) is 0 Å². The van der Waals surface area contributed by atoms with Crippen molar-refractivity contribution < 1.29 is 9.53 Å². The average Bonchev–Trinajstić information content (AvgIpc) is 2.48. The van der Waals surface area contributed by atoms with Crippen molar-refractivity contribution in [3.8, 4) is 0 Å². The molecule has 0 aromatic rings. The van der Waals surface area contributed by atoms with E-state index in [0.29, 0.717) is 25.2 Å². The molecule has 116 valence electrons. The summed E-state index contributed by atoms with van der Waals surface area (Å²) < 4.78 is 5.78. The van der Waals surface area contributed by atoms with Crippen molar-refractivity contribution in [3.05, 3.63) is 0 Å². The smallest absolute Gasteiger partial charge is 0.222 e. The fourth-order valence-corrected chi connectivity index (χ4v) is 3.37. The number of carbonyl (C=O) groups is 1. The Morgan fingerprint density at radius 2 is 2.05 bits per heavy atom. The van der Waals surface area contributed by atoms with Crippen LogP contribution in [0.5, 0.6) is 0 Å². The molecule has 2 aliphatic rings. The average molecular weight is 282 g/mol. The van der Waals surface area contributed by atoms with Gasteiger partial charge in [-0.3, -0.25) is 4.79 Å². The number of amides is 1. The molecule has 1 saturated carbocycles. The van der Waals surface area contributed by atoms with E-state index >= 15 is 0 Å². The van der Waals surface area contributed by atoms with Gasteiger partial charge in [-0.05, 0) is 44.7 Å². The maximum absolute atomic E-state index is 11.9. The molecule has 0 aromatic carbocycles. The lowest BCUT2D eigenvalue weighted by Gasteiger charge is -2.29. The van der Waals surface area contributed by atoms with Crippen molar-refractivity contribution in [3.63, 3.8) is 0 Å². The molecule has 0 aromatic heterocycles. The third-order valence-corrected chi connectivity index (χ3v) is 4.69. The number of ether oxygens (including phenoxy) is 1. The van der Waals surface area contributed by atoms with E-state index in [9.17, 15) is 4.79 Å². The third kappa shape index (κ3) is 5.41. The molecule has 0 radical (unpaired) electrons. The van der Waals surface area contributed by atoms with Gasteiger partial charge < -0.3 is 15.4 Å². The summed E-state index contributed by atoms with van der Waals surface area (Å²) in [5.41, 5.74) is 0. The van der Waals surface area contributed by atoms with E-state index in [1.54, 1.807) is 0 Å². The largest absolute Gasteiger partial charge is 0.378 e. The van der Waals surface area contributed by atoms with Gasteiger partial charge in [0.15, 0.2) is 0 Å². The van der Waals surface area contributed by atoms with Crippen molar-refractivity contribution in [2.24, 2.45) is 5.92 Å². The van der Waals surface area contributed by atoms with E-state index in [-0.39, 0.29) is 5.91 Å². The van der Waals surface area contributed by atoms with Crippen molar-refractivity contribution in [1.82, 2.24) is 10.6 Å². The molecule has 1 aliphatic heterocycles. The molecule has 20 heavy (non-hydrogen) atoms. The Morgan fingerprint density at radius 1 is 1.25 bits per heavy atom. The Hall–Kier alpha value is -0.610. The van der Waals surface area contributed by atoms with E-state index in [1.807, 2.05) is 0 Å². The number of rotatable bonds is 6. The van der Waals surface area contributed by atoms with Crippen LogP contribution in [0.15, 0.2) is 0 Å². The number of piperidine rings is 1. The molecule has 2 rings (SSSR count). The van der Waals surface area contributed by atoms with Crippen molar-refractivity contribution in [2.45, 2.75) is 70.4 Å². The highest BCUT2D eigenvalue weighted by Gasteiger charge is 2.22. The highest BCUT2D eigenvalue weighted by molar-refractivity contribution is 5.76. The first-order valence-corrected chi connectivity index (χ1v) is 8.39. The number of carbonyl (C=O) groups excluding carboxylic acids is 1. The van der Waals surface area contributed by atoms with Crippen molar-refractivity contribution in [1.29, 1.82) is 0 Å². The summed E-state index contributed by atoms with van der Waals surface area (Å²) in [6.45, 7) is 4.90. The molecule has 1 amide bonds. The highest BCUT2D eigenvalue weighted by atomic mass is 16.5. The summed E-state index contributed by atoms with van der Waals surface area (Å²) >= 11 is 0. The van der Waals surface area contributed by atoms with Crippen LogP contribution in [0.2, 0.25) is 0 Å². The summed E-state index contributed by atoms with van der Waals surface area (Å²) in [4.78, 5) is 11.9. The minimum absolute atomic E-state index is 0.167. The van der Waals surface area contributed by atoms with E-state index < -0.39 is 0 Å². The molecule has 4 heteroatoms. The quantitative estimate of drug-likeness (QED) is 0.785. The topological polar surface area (TPSA) is 50.4 Å². The van der Waals surface area contributed by atoms with Crippen LogP contribution in [0.1, 0.15) is 58.3 Å². The first-order valence-electron chi connectivity index (χ1n) is 8.39. The monoisotopic (exact) mass is 282 g/mol. The lowest BCUT2D eigenvalue weighted by Crippen LogP contribution is -2.39. The fraction of sp³-hybridized carbons (Fsp3) is 0.938. The summed E-state index contributed by atoms with van der Waals surface area (Å²) in [7, 11) is 0. The molecule has 1 aliphatic carbocycles. The molecular formula is C16H30N2O2. The van der Waals surface area contributed by atoms with E-state index in [4.69, 9.17) is 4.74 Å². The fourth-order valence-electron chi connectivity index (χ4n) is 3.37. The summed E-state index contributed by atoms with van der Waals surface area (Å²) in [6, 6.07) is 0.403. The Bertz CT molecular complexity index is 290. The Morgan fingerprint density at radius 3 is 2.80 bits per heavy atom. The van der Waals surface area contributed by atoms with Crippen LogP contribution in [0, 0.1) is 5.92 Å². The van der Waals surface area contributed by atoms with Crippen LogP contribution < -0.4 is 10.6 Å². The van der Waals surface area contributed by atoms with Gasteiger partial charge in [-0.2, -0.15) is 0 Å². The second-order valence-electron chi connectivity index (χ2n) is 6.28. The molecular weight excluding hydrogens is 252 g/mol. The molecule has 2 atom stereocenters. The number of hydrogen-bond donors (Lipinski definition) is 2. The van der Waals surface area contributed by atoms with Gasteiger partial charge in [0, 0.05) is 12.5 Å². The maximum Gasteiger partial charge on any atom is 0.222 e. The SMILES string of the molecule is CCC1CCCC(NC(=O)CCOC2CCNCC2)C1. The summed E-state index contributed by atoms with van der Waals surface area (Å²) in [6.07, 6.45) is 9.15. The maximum atomic E-state index is 11.9. The summed E-state index contributed by atoms with van der Waals surface area (Å²) in [5, 5.41) is 6.51. The normalized spacial score (nSPS) is 28.2. The molecule has 4 nitrogen and oxygen atoms in total. The van der Waals surface area contributed by atoms with Gasteiger partial charge in [-0.15, -0.1) is 0 Å². The second kappa shape index (κ2) is 8.63. The van der Waals surface area contributed by atoms with Crippen molar-refractivity contribution in [2.75, 3.05) is 19.7 Å². The lowest BCUT2D eigenvalue weighted by molar-refractivity contribution is -0.123. The van der Waals surface area contributed by atoms with Crippen molar-refractivity contribution >= 4 is 5.91 Å².